The van der Waals surface area contributed by atoms with Gasteiger partial charge in [0, 0.05) is 26.1 Å². The lowest BCUT2D eigenvalue weighted by molar-refractivity contribution is -0.164. The highest BCUT2D eigenvalue weighted by molar-refractivity contribution is 5.98. The molecule has 1 aliphatic carbocycles. The van der Waals surface area contributed by atoms with Gasteiger partial charge in [0.15, 0.2) is 0 Å². The van der Waals surface area contributed by atoms with E-state index < -0.39 is 53.7 Å². The molecule has 4 aliphatic rings. The second-order valence-electron chi connectivity index (χ2n) is 14.7. The summed E-state index contributed by atoms with van der Waals surface area (Å²) in [4.78, 5) is 60.7. The van der Waals surface area contributed by atoms with Gasteiger partial charge in [-0.25, -0.2) is 0 Å². The minimum atomic E-state index is -1.25. The normalized spacial score (nSPS) is 28.0. The minimum absolute atomic E-state index is 0.0123. The third-order valence-electron chi connectivity index (χ3n) is 11.7. The number of methoxy groups -OCH3 is 1. The van der Waals surface area contributed by atoms with Gasteiger partial charge in [-0.05, 0) is 43.6 Å². The molecule has 51 heavy (non-hydrogen) atoms. The van der Waals surface area contributed by atoms with Crippen molar-refractivity contribution in [3.8, 4) is 0 Å². The van der Waals surface area contributed by atoms with Crippen LogP contribution < -0.4 is 5.32 Å². The third-order valence-corrected chi connectivity index (χ3v) is 11.7. The van der Waals surface area contributed by atoms with Gasteiger partial charge in [-0.1, -0.05) is 82.0 Å². The Bertz CT molecular complexity index is 1400. The molecule has 9 atom stereocenters. The molecule has 4 fully saturated rings. The molecule has 11 nitrogen and oxygen atoms in total. The average Bonchev–Trinajstić information content (AvgIpc) is 3.80. The summed E-state index contributed by atoms with van der Waals surface area (Å²) in [6.07, 6.45) is 9.05. The maximum absolute atomic E-state index is 15.0. The van der Waals surface area contributed by atoms with Crippen molar-refractivity contribution in [2.45, 2.75) is 120 Å². The monoisotopic (exact) mass is 707 g/mol. The molecule has 0 aromatic heterocycles. The molecule has 1 spiro atoms. The van der Waals surface area contributed by atoms with Crippen LogP contribution >= 0.6 is 0 Å². The minimum Gasteiger partial charge on any atom is -0.455 e. The number of aliphatic hydroxyl groups is 1. The molecule has 11 heteroatoms. The van der Waals surface area contributed by atoms with E-state index in [0.29, 0.717) is 37.8 Å². The van der Waals surface area contributed by atoms with Crippen LogP contribution in [-0.2, 0) is 33.4 Å². The summed E-state index contributed by atoms with van der Waals surface area (Å²) < 4.78 is 18.6. The Morgan fingerprint density at radius 2 is 1.86 bits per heavy atom. The lowest BCUT2D eigenvalue weighted by atomic mass is 9.70. The zero-order valence-electron chi connectivity index (χ0n) is 30.5. The fourth-order valence-corrected chi connectivity index (χ4v) is 9.04. The van der Waals surface area contributed by atoms with Gasteiger partial charge >= 0.3 is 5.97 Å². The van der Waals surface area contributed by atoms with Crippen molar-refractivity contribution in [3.63, 3.8) is 0 Å². The number of rotatable bonds is 18. The molecule has 1 aromatic rings. The number of aliphatic hydroxyl groups excluding tert-OH is 1. The number of likely N-dealkylation sites (tertiary alicyclic amines) is 1. The number of carbonyl (C=O) groups is 4. The van der Waals surface area contributed by atoms with Crippen LogP contribution in [0.4, 0.5) is 0 Å². The number of allylic oxidation sites excluding steroid dienone is 1. The highest BCUT2D eigenvalue weighted by Gasteiger charge is 2.76. The van der Waals surface area contributed by atoms with Gasteiger partial charge < -0.3 is 34.4 Å². The maximum Gasteiger partial charge on any atom is 0.313 e. The van der Waals surface area contributed by atoms with Gasteiger partial charge in [0.25, 0.3) is 0 Å². The summed E-state index contributed by atoms with van der Waals surface area (Å²) in [6, 6.07) is 6.81. The Hall–Kier alpha value is -3.54. The van der Waals surface area contributed by atoms with Gasteiger partial charge in [-0.3, -0.25) is 19.2 Å². The second-order valence-corrected chi connectivity index (χ2v) is 14.7. The van der Waals surface area contributed by atoms with E-state index in [1.807, 2.05) is 49.1 Å². The maximum atomic E-state index is 15.0. The summed E-state index contributed by atoms with van der Waals surface area (Å²) in [5, 5.41) is 13.7. The van der Waals surface area contributed by atoms with Crippen molar-refractivity contribution in [1.82, 2.24) is 15.1 Å². The van der Waals surface area contributed by atoms with Gasteiger partial charge in [0.1, 0.15) is 17.7 Å². The summed E-state index contributed by atoms with van der Waals surface area (Å²) in [5.41, 5.74) is -0.585. The van der Waals surface area contributed by atoms with E-state index in [9.17, 15) is 24.3 Å². The average molecular weight is 708 g/mol. The molecule has 0 unspecified atom stereocenters. The number of hydrogen-bond acceptors (Lipinski definition) is 8. The molecule has 1 saturated carbocycles. The fourth-order valence-electron chi connectivity index (χ4n) is 9.04. The molecule has 1 aromatic carbocycles. The largest absolute Gasteiger partial charge is 0.455 e. The van der Waals surface area contributed by atoms with Crippen LogP contribution in [0.2, 0.25) is 0 Å². The number of fused-ring (bicyclic) bond motifs is 1. The Balaban J connectivity index is 1.52. The van der Waals surface area contributed by atoms with Crippen LogP contribution in [0.15, 0.2) is 55.6 Å². The number of amides is 3. The first kappa shape index (κ1) is 38.7. The zero-order valence-corrected chi connectivity index (χ0v) is 30.5. The lowest BCUT2D eigenvalue weighted by Crippen LogP contribution is -2.61. The molecule has 280 valence electrons. The molecule has 5 rings (SSSR count). The number of hydrogen-bond donors (Lipinski definition) is 2. The first-order valence-electron chi connectivity index (χ1n) is 18.8. The quantitative estimate of drug-likeness (QED) is 0.168. The van der Waals surface area contributed by atoms with Gasteiger partial charge in [-0.2, -0.15) is 0 Å². The number of ether oxygens (including phenoxy) is 3. The molecule has 3 amide bonds. The van der Waals surface area contributed by atoms with Gasteiger partial charge in [0.05, 0.1) is 43.2 Å². The third kappa shape index (κ3) is 7.66. The molecule has 2 N–H and O–H groups in total. The SMILES string of the molecule is C=CCCC(=O)N[C@H](COC)[C@H](OC(=O)[C@@H]1[C@@H]2CC[C@]3(O2)[C@H](C(=O)N(CC=C)C2CCCCC2)N([C@@H](CO)[C@@H](C)CC)C(=O)[C@@H]13)c1ccccc1. The van der Waals surface area contributed by atoms with Crippen LogP contribution in [0, 0.1) is 17.8 Å². The molecule has 2 bridgehead atoms. The van der Waals surface area contributed by atoms with Gasteiger partial charge in [-0.15, -0.1) is 13.2 Å². The molecule has 3 heterocycles. The van der Waals surface area contributed by atoms with Crippen molar-refractivity contribution in [3.05, 3.63) is 61.2 Å². The standard InChI is InChI=1S/C40H57N3O8/c1-6-9-20-32(45)41-29(25-49-5)35(27-16-12-10-13-17-27)50-39(48)33-31-21-22-40(51-31)34(33)37(46)43(30(24-44)26(4)8-3)36(40)38(47)42(23-7-2)28-18-14-11-15-19-28/h6-7,10,12-13,16-17,26,28-31,33-36,44H,1-2,8-9,11,14-15,18-25H2,3-5H3,(H,41,45)/t26-,29+,30-,31-,33+,34+,35+,36-,40+/m0/s1. The number of carbonyl (C=O) groups excluding carboxylic acids is 4. The van der Waals surface area contributed by atoms with Crippen molar-refractivity contribution >= 4 is 23.7 Å². The molecule has 3 aliphatic heterocycles. The van der Waals surface area contributed by atoms with Crippen molar-refractivity contribution in [2.75, 3.05) is 26.9 Å². The Kier molecular flexibility index (Phi) is 13.1. The van der Waals surface area contributed by atoms with E-state index in [-0.39, 0.29) is 49.3 Å². The number of benzene rings is 1. The highest BCUT2D eigenvalue weighted by Crippen LogP contribution is 2.60. The van der Waals surface area contributed by atoms with Crippen molar-refractivity contribution < 1.29 is 38.5 Å². The van der Waals surface area contributed by atoms with E-state index in [1.165, 1.54) is 7.11 Å². The van der Waals surface area contributed by atoms with Crippen LogP contribution in [0.25, 0.3) is 0 Å². The topological polar surface area (TPSA) is 135 Å². The number of nitrogens with zero attached hydrogens (tertiary/aromatic N) is 2. The summed E-state index contributed by atoms with van der Waals surface area (Å²) in [5.74, 6) is -3.48. The van der Waals surface area contributed by atoms with E-state index in [4.69, 9.17) is 14.2 Å². The summed E-state index contributed by atoms with van der Waals surface area (Å²) in [6.45, 7) is 11.7. The van der Waals surface area contributed by atoms with Crippen LogP contribution in [0.3, 0.4) is 0 Å². The predicted octanol–water partition coefficient (Wildman–Crippen LogP) is 4.50. The van der Waals surface area contributed by atoms with Crippen LogP contribution in [0.1, 0.15) is 89.7 Å². The van der Waals surface area contributed by atoms with Crippen LogP contribution in [0.5, 0.6) is 0 Å². The zero-order chi connectivity index (χ0) is 36.7. The van der Waals surface area contributed by atoms with Crippen molar-refractivity contribution in [1.29, 1.82) is 0 Å². The summed E-state index contributed by atoms with van der Waals surface area (Å²) >= 11 is 0. The second kappa shape index (κ2) is 17.3. The first-order chi connectivity index (χ1) is 24.7. The Morgan fingerprint density at radius 3 is 2.49 bits per heavy atom. The fraction of sp³-hybridized carbons (Fsp3) is 0.650. The molecular weight excluding hydrogens is 650 g/mol. The molecular formula is C40H57N3O8. The predicted molar refractivity (Wildman–Crippen MR) is 192 cm³/mol. The van der Waals surface area contributed by atoms with Crippen LogP contribution in [-0.4, -0.2) is 101 Å². The lowest BCUT2D eigenvalue weighted by Gasteiger charge is -2.43. The smallest absolute Gasteiger partial charge is 0.313 e. The number of nitrogens with one attached hydrogen (secondary N) is 1. The van der Waals surface area contributed by atoms with Gasteiger partial charge in [0.2, 0.25) is 17.7 Å². The van der Waals surface area contributed by atoms with E-state index in [2.05, 4.69) is 18.5 Å². The van der Waals surface area contributed by atoms with E-state index >= 15 is 0 Å². The Labute approximate surface area is 302 Å². The summed E-state index contributed by atoms with van der Waals surface area (Å²) in [7, 11) is 1.51. The first-order valence-corrected chi connectivity index (χ1v) is 18.8. The highest BCUT2D eigenvalue weighted by atomic mass is 16.6. The molecule has 0 radical (unpaired) electrons. The molecule has 3 saturated heterocycles. The van der Waals surface area contributed by atoms with E-state index in [1.54, 1.807) is 17.1 Å². The van der Waals surface area contributed by atoms with E-state index in [0.717, 1.165) is 32.1 Å². The number of esters is 1. The Morgan fingerprint density at radius 1 is 1.14 bits per heavy atom. The van der Waals surface area contributed by atoms with Crippen molar-refractivity contribution in [2.24, 2.45) is 17.8 Å².